The topological polar surface area (TPSA) is 32.3 Å². The second-order valence-electron chi connectivity index (χ2n) is 4.43. The standard InChI is InChI=1S/C9H18N2O/c1-7(2)11-5-8(12)10-9(3,4)6-11/h7H,5-6H2,1-4H3,(H,10,12). The summed E-state index contributed by atoms with van der Waals surface area (Å²) < 4.78 is 0. The minimum absolute atomic E-state index is 0.0698. The molecular formula is C9H18N2O. The van der Waals surface area contributed by atoms with Crippen molar-refractivity contribution in [3.05, 3.63) is 0 Å². The van der Waals surface area contributed by atoms with E-state index < -0.39 is 0 Å². The molecule has 0 radical (unpaired) electrons. The van der Waals surface area contributed by atoms with Crippen LogP contribution in [0.3, 0.4) is 0 Å². The fourth-order valence-electron chi connectivity index (χ4n) is 1.57. The average Bonchev–Trinajstić information content (AvgIpc) is 1.82. The van der Waals surface area contributed by atoms with Crippen LogP contribution in [0.25, 0.3) is 0 Å². The van der Waals surface area contributed by atoms with Crippen molar-refractivity contribution in [2.75, 3.05) is 13.1 Å². The van der Waals surface area contributed by atoms with E-state index in [2.05, 4.69) is 37.9 Å². The lowest BCUT2D eigenvalue weighted by atomic mass is 10.0. The van der Waals surface area contributed by atoms with E-state index in [0.717, 1.165) is 6.54 Å². The number of hydrogen-bond donors (Lipinski definition) is 1. The van der Waals surface area contributed by atoms with E-state index in [1.165, 1.54) is 0 Å². The molecule has 0 aromatic heterocycles. The van der Waals surface area contributed by atoms with Gasteiger partial charge in [-0.15, -0.1) is 0 Å². The number of rotatable bonds is 1. The highest BCUT2D eigenvalue weighted by atomic mass is 16.2. The summed E-state index contributed by atoms with van der Waals surface area (Å²) in [6, 6.07) is 0.454. The fourth-order valence-corrected chi connectivity index (χ4v) is 1.57. The molecule has 0 spiro atoms. The number of nitrogens with zero attached hydrogens (tertiary/aromatic N) is 1. The van der Waals surface area contributed by atoms with E-state index in [9.17, 15) is 4.79 Å². The fraction of sp³-hybridized carbons (Fsp3) is 0.889. The lowest BCUT2D eigenvalue weighted by Crippen LogP contribution is -2.61. The summed E-state index contributed by atoms with van der Waals surface area (Å²) in [5.74, 6) is 0.139. The number of carbonyl (C=O) groups is 1. The minimum Gasteiger partial charge on any atom is -0.349 e. The van der Waals surface area contributed by atoms with Crippen LogP contribution in [0.4, 0.5) is 0 Å². The van der Waals surface area contributed by atoms with Crippen LogP contribution in [0.2, 0.25) is 0 Å². The van der Waals surface area contributed by atoms with Crippen LogP contribution in [0, 0.1) is 0 Å². The normalized spacial score (nSPS) is 24.2. The van der Waals surface area contributed by atoms with Gasteiger partial charge in [0.15, 0.2) is 0 Å². The van der Waals surface area contributed by atoms with Gasteiger partial charge < -0.3 is 5.32 Å². The molecule has 1 saturated heterocycles. The molecule has 3 heteroatoms. The maximum Gasteiger partial charge on any atom is 0.234 e. The first-order valence-electron chi connectivity index (χ1n) is 4.46. The summed E-state index contributed by atoms with van der Waals surface area (Å²) in [6.45, 7) is 9.83. The van der Waals surface area contributed by atoms with Gasteiger partial charge in [0.1, 0.15) is 0 Å². The van der Waals surface area contributed by atoms with Gasteiger partial charge >= 0.3 is 0 Å². The third-order valence-electron chi connectivity index (χ3n) is 2.15. The zero-order valence-electron chi connectivity index (χ0n) is 8.35. The summed E-state index contributed by atoms with van der Waals surface area (Å²) in [5.41, 5.74) is -0.0698. The van der Waals surface area contributed by atoms with Gasteiger partial charge in [-0.2, -0.15) is 0 Å². The molecule has 0 atom stereocenters. The molecule has 0 unspecified atom stereocenters. The van der Waals surface area contributed by atoms with Crippen molar-refractivity contribution in [1.82, 2.24) is 10.2 Å². The third kappa shape index (κ3) is 2.21. The van der Waals surface area contributed by atoms with Gasteiger partial charge in [-0.3, -0.25) is 9.69 Å². The molecule has 1 amide bonds. The summed E-state index contributed by atoms with van der Waals surface area (Å²) in [6.07, 6.45) is 0. The van der Waals surface area contributed by atoms with Gasteiger partial charge in [0.2, 0.25) is 5.91 Å². The second-order valence-corrected chi connectivity index (χ2v) is 4.43. The Hall–Kier alpha value is -0.570. The molecule has 1 heterocycles. The molecule has 1 rings (SSSR count). The van der Waals surface area contributed by atoms with Crippen LogP contribution in [0.15, 0.2) is 0 Å². The van der Waals surface area contributed by atoms with E-state index in [1.54, 1.807) is 0 Å². The second kappa shape index (κ2) is 3.05. The highest BCUT2D eigenvalue weighted by Gasteiger charge is 2.31. The third-order valence-corrected chi connectivity index (χ3v) is 2.15. The molecule has 1 N–H and O–H groups in total. The van der Waals surface area contributed by atoms with E-state index in [1.807, 2.05) is 0 Å². The number of piperazine rings is 1. The van der Waals surface area contributed by atoms with E-state index in [-0.39, 0.29) is 11.4 Å². The smallest absolute Gasteiger partial charge is 0.234 e. The maximum absolute atomic E-state index is 11.2. The Morgan fingerprint density at radius 2 is 2.08 bits per heavy atom. The van der Waals surface area contributed by atoms with Crippen LogP contribution in [0.1, 0.15) is 27.7 Å². The SMILES string of the molecule is CC(C)N1CC(=O)NC(C)(C)C1. The van der Waals surface area contributed by atoms with Gasteiger partial charge in [0.05, 0.1) is 6.54 Å². The predicted octanol–water partition coefficient (Wildman–Crippen LogP) is 0.605. The first-order valence-corrected chi connectivity index (χ1v) is 4.46. The van der Waals surface area contributed by atoms with Crippen molar-refractivity contribution < 1.29 is 4.79 Å². The highest BCUT2D eigenvalue weighted by molar-refractivity contribution is 5.79. The number of nitrogens with one attached hydrogen (secondary N) is 1. The van der Waals surface area contributed by atoms with Crippen LogP contribution in [0.5, 0.6) is 0 Å². The summed E-state index contributed by atoms with van der Waals surface area (Å²) in [7, 11) is 0. The molecule has 1 aliphatic heterocycles. The predicted molar refractivity (Wildman–Crippen MR) is 48.9 cm³/mol. The molecule has 0 aromatic carbocycles. The van der Waals surface area contributed by atoms with Gasteiger partial charge in [-0.05, 0) is 27.7 Å². The Kier molecular flexibility index (Phi) is 2.42. The number of carbonyl (C=O) groups excluding carboxylic acids is 1. The Balaban J connectivity index is 2.64. The molecule has 12 heavy (non-hydrogen) atoms. The van der Waals surface area contributed by atoms with Crippen molar-refractivity contribution >= 4 is 5.91 Å². The van der Waals surface area contributed by atoms with Crippen LogP contribution in [-0.4, -0.2) is 35.5 Å². The van der Waals surface area contributed by atoms with E-state index >= 15 is 0 Å². The monoisotopic (exact) mass is 170 g/mol. The largest absolute Gasteiger partial charge is 0.349 e. The van der Waals surface area contributed by atoms with Crippen molar-refractivity contribution in [3.63, 3.8) is 0 Å². The van der Waals surface area contributed by atoms with E-state index in [4.69, 9.17) is 0 Å². The zero-order valence-corrected chi connectivity index (χ0v) is 8.35. The van der Waals surface area contributed by atoms with Gasteiger partial charge in [-0.1, -0.05) is 0 Å². The van der Waals surface area contributed by atoms with Crippen molar-refractivity contribution in [1.29, 1.82) is 0 Å². The Morgan fingerprint density at radius 1 is 1.50 bits per heavy atom. The summed E-state index contributed by atoms with van der Waals surface area (Å²) in [4.78, 5) is 13.4. The summed E-state index contributed by atoms with van der Waals surface area (Å²) >= 11 is 0. The lowest BCUT2D eigenvalue weighted by Gasteiger charge is -2.40. The Morgan fingerprint density at radius 3 is 2.50 bits per heavy atom. The van der Waals surface area contributed by atoms with Crippen molar-refractivity contribution in [2.24, 2.45) is 0 Å². The molecule has 0 aromatic rings. The van der Waals surface area contributed by atoms with Crippen LogP contribution >= 0.6 is 0 Å². The molecule has 70 valence electrons. The molecule has 1 fully saturated rings. The molecule has 3 nitrogen and oxygen atoms in total. The molecule has 1 aliphatic rings. The zero-order chi connectivity index (χ0) is 9.35. The quantitative estimate of drug-likeness (QED) is 0.625. The van der Waals surface area contributed by atoms with Crippen molar-refractivity contribution in [3.8, 4) is 0 Å². The van der Waals surface area contributed by atoms with Crippen molar-refractivity contribution in [2.45, 2.75) is 39.3 Å². The molecule has 0 saturated carbocycles. The van der Waals surface area contributed by atoms with Gasteiger partial charge in [0.25, 0.3) is 0 Å². The first-order chi connectivity index (χ1) is 5.41. The first kappa shape index (κ1) is 9.52. The van der Waals surface area contributed by atoms with Crippen LogP contribution in [-0.2, 0) is 4.79 Å². The molecule has 0 bridgehead atoms. The Bertz CT molecular complexity index is 187. The molecule has 0 aliphatic carbocycles. The van der Waals surface area contributed by atoms with E-state index in [0.29, 0.717) is 12.6 Å². The Labute approximate surface area is 74.1 Å². The minimum atomic E-state index is -0.0698. The number of amides is 1. The maximum atomic E-state index is 11.2. The average molecular weight is 170 g/mol. The molecular weight excluding hydrogens is 152 g/mol. The lowest BCUT2D eigenvalue weighted by molar-refractivity contribution is -0.128. The highest BCUT2D eigenvalue weighted by Crippen LogP contribution is 2.12. The van der Waals surface area contributed by atoms with Gasteiger partial charge in [-0.25, -0.2) is 0 Å². The number of hydrogen-bond acceptors (Lipinski definition) is 2. The summed E-state index contributed by atoms with van der Waals surface area (Å²) in [5, 5.41) is 2.96. The van der Waals surface area contributed by atoms with Gasteiger partial charge in [0, 0.05) is 18.1 Å². The van der Waals surface area contributed by atoms with Crippen LogP contribution < -0.4 is 5.32 Å².